The van der Waals surface area contributed by atoms with Gasteiger partial charge in [-0.25, -0.2) is 9.97 Å². The molecule has 0 fully saturated rings. The van der Waals surface area contributed by atoms with E-state index in [0.717, 1.165) is 5.56 Å². The number of benzene rings is 1. The minimum absolute atomic E-state index is 0.227. The van der Waals surface area contributed by atoms with Gasteiger partial charge in [-0.15, -0.1) is 11.3 Å². The summed E-state index contributed by atoms with van der Waals surface area (Å²) in [7, 11) is 0. The minimum atomic E-state index is -0.372. The molecule has 0 saturated heterocycles. The van der Waals surface area contributed by atoms with Crippen molar-refractivity contribution in [2.75, 3.05) is 10.6 Å². The van der Waals surface area contributed by atoms with E-state index in [1.54, 1.807) is 17.8 Å². The zero-order valence-corrected chi connectivity index (χ0v) is 13.7. The van der Waals surface area contributed by atoms with Gasteiger partial charge < -0.3 is 9.88 Å². The number of hydrogen-bond donors (Lipinski definition) is 2. The van der Waals surface area contributed by atoms with Gasteiger partial charge in [0.2, 0.25) is 11.9 Å². The highest BCUT2D eigenvalue weighted by atomic mass is 32.1. The van der Waals surface area contributed by atoms with Crippen molar-refractivity contribution < 1.29 is 9.59 Å². The van der Waals surface area contributed by atoms with Gasteiger partial charge in [0, 0.05) is 24.7 Å². The van der Waals surface area contributed by atoms with Gasteiger partial charge in [-0.2, -0.15) is 0 Å². The third-order valence-electron chi connectivity index (χ3n) is 3.16. The van der Waals surface area contributed by atoms with E-state index in [1.807, 2.05) is 34.9 Å². The van der Waals surface area contributed by atoms with E-state index in [1.165, 1.54) is 18.3 Å². The van der Waals surface area contributed by atoms with Gasteiger partial charge in [0.05, 0.1) is 6.54 Å². The fourth-order valence-corrected chi connectivity index (χ4v) is 2.83. The van der Waals surface area contributed by atoms with Crippen molar-refractivity contribution in [2.45, 2.75) is 13.5 Å². The molecule has 2 heterocycles. The van der Waals surface area contributed by atoms with Crippen LogP contribution < -0.4 is 10.6 Å². The van der Waals surface area contributed by atoms with E-state index in [0.29, 0.717) is 17.6 Å². The Morgan fingerprint density at radius 3 is 2.75 bits per heavy atom. The predicted octanol–water partition coefficient (Wildman–Crippen LogP) is 2.60. The molecule has 122 valence electrons. The number of carbonyl (C=O) groups is 2. The van der Waals surface area contributed by atoms with Crippen molar-refractivity contribution in [3.8, 4) is 0 Å². The van der Waals surface area contributed by atoms with Crippen LogP contribution in [0.4, 0.5) is 11.1 Å². The Kier molecular flexibility index (Phi) is 4.66. The molecule has 0 atom stereocenters. The van der Waals surface area contributed by atoms with Gasteiger partial charge in [0.1, 0.15) is 5.69 Å². The van der Waals surface area contributed by atoms with E-state index in [9.17, 15) is 9.59 Å². The molecule has 0 aliphatic rings. The average molecular weight is 341 g/mol. The lowest BCUT2D eigenvalue weighted by Crippen LogP contribution is -2.17. The summed E-state index contributed by atoms with van der Waals surface area (Å²) < 4.78 is 1.84. The monoisotopic (exact) mass is 341 g/mol. The zero-order valence-electron chi connectivity index (χ0n) is 12.9. The van der Waals surface area contributed by atoms with Crippen LogP contribution in [-0.4, -0.2) is 26.3 Å². The van der Waals surface area contributed by atoms with E-state index in [-0.39, 0.29) is 17.5 Å². The molecule has 0 aliphatic carbocycles. The quantitative estimate of drug-likeness (QED) is 0.746. The normalized spacial score (nSPS) is 10.4. The lowest BCUT2D eigenvalue weighted by Gasteiger charge is -2.08. The van der Waals surface area contributed by atoms with Crippen LogP contribution in [0, 0.1) is 0 Å². The van der Waals surface area contributed by atoms with Crippen LogP contribution in [0.5, 0.6) is 0 Å². The molecular weight excluding hydrogens is 326 g/mol. The summed E-state index contributed by atoms with van der Waals surface area (Å²) >= 11 is 1.19. The molecule has 2 N–H and O–H groups in total. The number of carbonyl (C=O) groups excluding carboxylic acids is 2. The molecule has 0 aliphatic heterocycles. The Morgan fingerprint density at radius 2 is 2.00 bits per heavy atom. The molecule has 3 rings (SSSR count). The van der Waals surface area contributed by atoms with Crippen molar-refractivity contribution in [1.29, 1.82) is 0 Å². The standard InChI is InChI=1S/C16H15N5O2S/c1-11(22)18-16-19-13(10-24-16)14(23)20-15-17-7-8-21(15)9-12-5-3-2-4-6-12/h2-8,10H,9H2,1H3,(H,17,20,23)(H,18,19,22). The first-order valence-electron chi connectivity index (χ1n) is 7.21. The summed E-state index contributed by atoms with van der Waals surface area (Å²) in [5.74, 6) is -0.156. The molecule has 8 heteroatoms. The highest BCUT2D eigenvalue weighted by Crippen LogP contribution is 2.17. The predicted molar refractivity (Wildman–Crippen MR) is 92.1 cm³/mol. The number of imidazole rings is 1. The number of rotatable bonds is 5. The maximum atomic E-state index is 12.3. The Hall–Kier alpha value is -3.00. The molecule has 0 spiro atoms. The maximum absolute atomic E-state index is 12.3. The summed E-state index contributed by atoms with van der Waals surface area (Å²) in [4.78, 5) is 31.5. The number of amides is 2. The van der Waals surface area contributed by atoms with Crippen LogP contribution in [0.2, 0.25) is 0 Å². The van der Waals surface area contributed by atoms with Crippen LogP contribution in [0.15, 0.2) is 48.1 Å². The summed E-state index contributed by atoms with van der Waals surface area (Å²) in [6.45, 7) is 1.99. The molecule has 7 nitrogen and oxygen atoms in total. The Labute approximate surface area is 142 Å². The van der Waals surface area contributed by atoms with Crippen molar-refractivity contribution >= 4 is 34.2 Å². The average Bonchev–Trinajstić information content (AvgIpc) is 3.18. The van der Waals surface area contributed by atoms with Gasteiger partial charge in [-0.1, -0.05) is 30.3 Å². The summed E-state index contributed by atoms with van der Waals surface area (Å²) in [6, 6.07) is 9.89. The van der Waals surface area contributed by atoms with Crippen molar-refractivity contribution in [1.82, 2.24) is 14.5 Å². The van der Waals surface area contributed by atoms with Crippen molar-refractivity contribution in [3.05, 3.63) is 59.4 Å². The van der Waals surface area contributed by atoms with Gasteiger partial charge in [0.15, 0.2) is 5.13 Å². The van der Waals surface area contributed by atoms with Crippen LogP contribution >= 0.6 is 11.3 Å². The molecule has 24 heavy (non-hydrogen) atoms. The molecule has 0 unspecified atom stereocenters. The lowest BCUT2D eigenvalue weighted by atomic mass is 10.2. The number of anilines is 2. The number of thiazole rings is 1. The van der Waals surface area contributed by atoms with Gasteiger partial charge >= 0.3 is 0 Å². The number of nitrogens with one attached hydrogen (secondary N) is 2. The maximum Gasteiger partial charge on any atom is 0.277 e. The number of hydrogen-bond acceptors (Lipinski definition) is 5. The first-order chi connectivity index (χ1) is 11.6. The first kappa shape index (κ1) is 15.9. The Morgan fingerprint density at radius 1 is 1.21 bits per heavy atom. The molecule has 0 radical (unpaired) electrons. The fraction of sp³-hybridized carbons (Fsp3) is 0.125. The van der Waals surface area contributed by atoms with Crippen LogP contribution in [0.25, 0.3) is 0 Å². The fourth-order valence-electron chi connectivity index (χ4n) is 2.09. The van der Waals surface area contributed by atoms with Crippen LogP contribution in [0.1, 0.15) is 23.0 Å². The molecular formula is C16H15N5O2S. The molecule has 2 amide bonds. The minimum Gasteiger partial charge on any atom is -0.313 e. The lowest BCUT2D eigenvalue weighted by molar-refractivity contribution is -0.114. The summed E-state index contributed by atoms with van der Waals surface area (Å²) in [5, 5.41) is 7.27. The Balaban J connectivity index is 1.70. The summed E-state index contributed by atoms with van der Waals surface area (Å²) in [6.07, 6.45) is 3.43. The molecule has 3 aromatic rings. The first-order valence-corrected chi connectivity index (χ1v) is 8.09. The van der Waals surface area contributed by atoms with Crippen molar-refractivity contribution in [3.63, 3.8) is 0 Å². The molecule has 2 aromatic heterocycles. The zero-order chi connectivity index (χ0) is 16.9. The molecule has 0 bridgehead atoms. The van der Waals surface area contributed by atoms with Gasteiger partial charge in [-0.05, 0) is 5.56 Å². The number of nitrogens with zero attached hydrogens (tertiary/aromatic N) is 3. The molecule has 0 saturated carbocycles. The second-order valence-electron chi connectivity index (χ2n) is 5.04. The second kappa shape index (κ2) is 7.05. The van der Waals surface area contributed by atoms with E-state index in [4.69, 9.17) is 0 Å². The van der Waals surface area contributed by atoms with Crippen LogP contribution in [-0.2, 0) is 11.3 Å². The van der Waals surface area contributed by atoms with Gasteiger partial charge in [0.25, 0.3) is 5.91 Å². The Bertz CT molecular complexity index is 856. The highest BCUT2D eigenvalue weighted by molar-refractivity contribution is 7.14. The van der Waals surface area contributed by atoms with Crippen LogP contribution in [0.3, 0.4) is 0 Å². The van der Waals surface area contributed by atoms with E-state index in [2.05, 4.69) is 20.6 Å². The summed E-state index contributed by atoms with van der Waals surface area (Å²) in [5.41, 5.74) is 1.34. The smallest absolute Gasteiger partial charge is 0.277 e. The second-order valence-corrected chi connectivity index (χ2v) is 5.90. The highest BCUT2D eigenvalue weighted by Gasteiger charge is 2.14. The van der Waals surface area contributed by atoms with E-state index < -0.39 is 0 Å². The topological polar surface area (TPSA) is 88.9 Å². The van der Waals surface area contributed by atoms with Crippen molar-refractivity contribution in [2.24, 2.45) is 0 Å². The van der Waals surface area contributed by atoms with E-state index >= 15 is 0 Å². The number of aromatic nitrogens is 3. The van der Waals surface area contributed by atoms with Gasteiger partial charge in [-0.3, -0.25) is 14.9 Å². The molecule has 1 aromatic carbocycles. The largest absolute Gasteiger partial charge is 0.313 e. The third kappa shape index (κ3) is 3.85. The SMILES string of the molecule is CC(=O)Nc1nc(C(=O)Nc2nccn2Cc2ccccc2)cs1. The third-order valence-corrected chi connectivity index (χ3v) is 3.91.